The smallest absolute Gasteiger partial charge is 0.274 e. The van der Waals surface area contributed by atoms with E-state index in [4.69, 9.17) is 9.47 Å². The van der Waals surface area contributed by atoms with Crippen LogP contribution in [0.15, 0.2) is 54.6 Å². The van der Waals surface area contributed by atoms with E-state index in [2.05, 4.69) is 73.0 Å². The Bertz CT molecular complexity index is 5630. The van der Waals surface area contributed by atoms with Crippen LogP contribution in [0.2, 0.25) is 0 Å². The Morgan fingerprint density at radius 2 is 0.714 bits per heavy atom. The molecule has 6 unspecified atom stereocenters. The highest BCUT2D eigenvalue weighted by atomic mass is 19.1. The third-order valence-corrected chi connectivity index (χ3v) is 31.4. The van der Waals surface area contributed by atoms with Gasteiger partial charge in [0.05, 0.1) is 19.3 Å². The number of benzene rings is 2. The second kappa shape index (κ2) is 55.7. The zero-order valence-electron chi connectivity index (χ0n) is 92.8. The molecule has 9 aliphatic rings. The molecule has 8 aromatic rings. The van der Waals surface area contributed by atoms with Crippen LogP contribution in [0.4, 0.5) is 4.39 Å². The Kier molecular flexibility index (Phi) is 43.5. The maximum absolute atomic E-state index is 13.0. The van der Waals surface area contributed by atoms with Crippen molar-refractivity contribution < 1.29 is 52.2 Å². The van der Waals surface area contributed by atoms with Gasteiger partial charge < -0.3 is 53.6 Å². The molecular formula is C114H175FN22O10. The van der Waals surface area contributed by atoms with Crippen molar-refractivity contribution in [1.29, 1.82) is 0 Å². The molecule has 147 heavy (non-hydrogen) atoms. The molecule has 6 aliphatic carbocycles. The van der Waals surface area contributed by atoms with E-state index in [1.165, 1.54) is 140 Å². The number of hydrogen-bond donors (Lipinski definition) is 0. The number of carbonyl (C=O) groups excluding carboxylic acids is 8. The van der Waals surface area contributed by atoms with Gasteiger partial charge >= 0.3 is 0 Å². The number of methoxy groups -OCH3 is 1. The zero-order chi connectivity index (χ0) is 106. The van der Waals surface area contributed by atoms with Crippen molar-refractivity contribution in [1.82, 2.24) is 108 Å². The summed E-state index contributed by atoms with van der Waals surface area (Å²) in [4.78, 5) is 117. The molecule has 9 heterocycles. The lowest BCUT2D eigenvalue weighted by Crippen LogP contribution is -2.36. The molecule has 3 saturated heterocycles. The van der Waals surface area contributed by atoms with Gasteiger partial charge in [0.2, 0.25) is 11.8 Å². The van der Waals surface area contributed by atoms with Crippen molar-refractivity contribution in [3.8, 4) is 0 Å². The number of halogens is 1. The first-order valence-corrected chi connectivity index (χ1v) is 55.0. The maximum atomic E-state index is 13.0. The van der Waals surface area contributed by atoms with E-state index in [0.717, 1.165) is 267 Å². The summed E-state index contributed by atoms with van der Waals surface area (Å²) in [5.74, 6) is 3.69. The quantitative estimate of drug-likeness (QED) is 0.0333. The van der Waals surface area contributed by atoms with E-state index in [9.17, 15) is 42.7 Å². The van der Waals surface area contributed by atoms with Gasteiger partial charge in [0, 0.05) is 259 Å². The molecule has 0 N–H and O–H groups in total. The standard InChI is InChI=1S/C21H34N4O2.C20H27N3O2.C19H24FN3O.C19H30N4O2.C19H32N4O2.C16H28N4O/c1-4-12-25-18-11-10-16(8-5-6-13-24-14-7-9-19(24)26)15-17(18)20(22-25)21(27)23(2)3;1-4-12-23-18-11-10-16(25-3)13-17(18)19(21-23)20(24)22(2)14-15-8-6-5-7-9-15;1-22(2)19(24)18-16-12-14(8-11-17(16)23(3)21-18)5-4-13-6-9-15(20)10-7-13;1-21(2)19(25)18-15-13-14(9-10-16(15)22(3)20-18)7-4-5-11-23-12-6-8-17(23)24;1-21(2)19(24)18-16-14-15(7-8-17(16)22(3)20-18)6-4-5-9-23-10-12-25-13-11-23;1-18(2)10-6-7-12-8-9-14-13(11-12)15(17-20(14)5)16(21)19(3)4/h16H,4-15H2,1-3H3;5-9,16H,4,10-14H2,1-3H3;6-7,9-10,14H,4-5,8,11-12H2,1-3H3;14H,4-13H2,1-3H3;15H,4-14H2,1-3H3;12H,6-11H2,1-5H3. The molecule has 8 amide bonds. The largest absolute Gasteiger partial charge is 0.381 e. The molecule has 6 atom stereocenters. The molecule has 808 valence electrons. The Labute approximate surface area is 874 Å². The van der Waals surface area contributed by atoms with E-state index in [0.29, 0.717) is 82.1 Å². The molecule has 0 saturated carbocycles. The molecule has 6 aromatic heterocycles. The number of likely N-dealkylation sites (tertiary alicyclic amines) is 2. The first kappa shape index (κ1) is 115. The SMILES string of the molecule is CCCn1nc(C(=O)N(C)C)c2c1CCC(CCCCN1CCCC1=O)C2.CCCn1nc(C(=O)N(C)Cc2ccccc2)c2c1CCC(OC)C2.CN(C)C(=O)c1nn(C)c2c1CC(CCCCN1CCCC1=O)CC2.CN(C)C(=O)c1nn(C)c2c1CC(CCCCN1CCOCC1)CC2.CN(C)C(=O)c1nn(C)c2c1CC(CCc1ccc(F)cc1)CC2.CN(C)CCCC1CCc2c(c(C(=O)N(C)C)nn2C)C1. The van der Waals surface area contributed by atoms with E-state index >= 15 is 0 Å². The summed E-state index contributed by atoms with van der Waals surface area (Å²) in [6.45, 7) is 16.6. The number of nitrogens with zero attached hydrogens (tertiary/aromatic N) is 22. The van der Waals surface area contributed by atoms with Gasteiger partial charge in [-0.25, -0.2) is 4.39 Å². The molecule has 0 bridgehead atoms. The molecule has 32 nitrogen and oxygen atoms in total. The maximum Gasteiger partial charge on any atom is 0.274 e. The van der Waals surface area contributed by atoms with Crippen LogP contribution in [-0.4, -0.2) is 325 Å². The number of unbranched alkanes of at least 4 members (excludes halogenated alkanes) is 3. The van der Waals surface area contributed by atoms with Crippen LogP contribution in [0, 0.1) is 35.4 Å². The highest BCUT2D eigenvalue weighted by Crippen LogP contribution is 2.39. The number of ether oxygens (including phenoxy) is 2. The van der Waals surface area contributed by atoms with Crippen LogP contribution in [-0.2, 0) is 150 Å². The Morgan fingerprint density at radius 3 is 1.07 bits per heavy atom. The van der Waals surface area contributed by atoms with Crippen molar-refractivity contribution in [3.63, 3.8) is 0 Å². The fraction of sp³-hybridized carbons (Fsp3) is 0.667. The lowest BCUT2D eigenvalue weighted by atomic mass is 9.83. The van der Waals surface area contributed by atoms with Crippen molar-refractivity contribution in [2.45, 2.75) is 277 Å². The van der Waals surface area contributed by atoms with Gasteiger partial charge in [-0.1, -0.05) is 94.8 Å². The van der Waals surface area contributed by atoms with Crippen molar-refractivity contribution in [3.05, 3.63) is 173 Å². The summed E-state index contributed by atoms with van der Waals surface area (Å²) in [6, 6.07) is 16.8. The van der Waals surface area contributed by atoms with Gasteiger partial charge in [0.15, 0.2) is 34.2 Å². The number of aromatic nitrogens is 12. The number of carbonyl (C=O) groups is 8. The number of aryl methyl sites for hydroxylation is 7. The van der Waals surface area contributed by atoms with Crippen LogP contribution in [0.25, 0.3) is 0 Å². The number of hydrogen-bond acceptors (Lipinski definition) is 18. The van der Waals surface area contributed by atoms with Crippen LogP contribution >= 0.6 is 0 Å². The average Bonchev–Trinajstić information content (AvgIpc) is 1.63. The predicted octanol–water partition coefficient (Wildman–Crippen LogP) is 14.3. The molecule has 0 spiro atoms. The van der Waals surface area contributed by atoms with E-state index in [1.54, 1.807) is 107 Å². The first-order chi connectivity index (χ1) is 70.5. The highest BCUT2D eigenvalue weighted by Gasteiger charge is 2.38. The zero-order valence-corrected chi connectivity index (χ0v) is 92.8. The Hall–Kier alpha value is -10.8. The fourth-order valence-corrected chi connectivity index (χ4v) is 23.0. The van der Waals surface area contributed by atoms with Gasteiger partial charge in [0.1, 0.15) is 5.82 Å². The molecule has 3 aliphatic heterocycles. The predicted molar refractivity (Wildman–Crippen MR) is 574 cm³/mol. The summed E-state index contributed by atoms with van der Waals surface area (Å²) in [6.07, 6.45) is 39.4. The third kappa shape index (κ3) is 31.2. The van der Waals surface area contributed by atoms with E-state index in [-0.39, 0.29) is 47.4 Å². The number of rotatable bonds is 35. The first-order valence-electron chi connectivity index (χ1n) is 55.0. The Balaban J connectivity index is 0.000000157. The monoisotopic (exact) mass is 2030 g/mol. The van der Waals surface area contributed by atoms with Gasteiger partial charge in [-0.05, 0) is 260 Å². The molecular weight excluding hydrogens is 1860 g/mol. The van der Waals surface area contributed by atoms with Crippen LogP contribution in [0.3, 0.4) is 0 Å². The van der Waals surface area contributed by atoms with Crippen molar-refractivity contribution in [2.75, 3.05) is 164 Å². The summed E-state index contributed by atoms with van der Waals surface area (Å²) in [7, 11) is 33.5. The summed E-state index contributed by atoms with van der Waals surface area (Å²) in [5.41, 5.74) is 20.5. The highest BCUT2D eigenvalue weighted by molar-refractivity contribution is 5.97. The molecule has 33 heteroatoms. The summed E-state index contributed by atoms with van der Waals surface area (Å²) < 4.78 is 35.6. The molecule has 3 fully saturated rings. The second-order valence-electron chi connectivity index (χ2n) is 43.9. The topological polar surface area (TPSA) is 294 Å². The van der Waals surface area contributed by atoms with Gasteiger partial charge in [-0.3, -0.25) is 71.3 Å². The average molecular weight is 2030 g/mol. The minimum atomic E-state index is -0.191. The van der Waals surface area contributed by atoms with E-state index < -0.39 is 0 Å². The lowest BCUT2D eigenvalue weighted by molar-refractivity contribution is -0.128. The minimum Gasteiger partial charge on any atom is -0.381 e. The summed E-state index contributed by atoms with van der Waals surface area (Å²) in [5, 5.41) is 27.3. The van der Waals surface area contributed by atoms with E-state index in [1.807, 2.05) is 111 Å². The summed E-state index contributed by atoms with van der Waals surface area (Å²) >= 11 is 0. The third-order valence-electron chi connectivity index (χ3n) is 31.4. The van der Waals surface area contributed by atoms with Gasteiger partial charge in [-0.15, -0.1) is 0 Å². The van der Waals surface area contributed by atoms with Crippen LogP contribution in [0.5, 0.6) is 0 Å². The number of amides is 8. The number of fused-ring (bicyclic) bond motifs is 6. The van der Waals surface area contributed by atoms with Gasteiger partial charge in [-0.2, -0.15) is 30.6 Å². The Morgan fingerprint density at radius 1 is 0.374 bits per heavy atom. The second-order valence-corrected chi connectivity index (χ2v) is 43.9. The minimum absolute atomic E-state index is 0.00467. The number of morpholine rings is 1. The lowest BCUT2D eigenvalue weighted by Gasteiger charge is -2.27. The molecule has 0 radical (unpaired) electrons. The molecule has 17 rings (SSSR count). The fourth-order valence-electron chi connectivity index (χ4n) is 23.0. The van der Waals surface area contributed by atoms with Crippen molar-refractivity contribution in [2.24, 2.45) is 57.8 Å². The molecule has 2 aromatic carbocycles. The van der Waals surface area contributed by atoms with Crippen LogP contribution < -0.4 is 0 Å². The van der Waals surface area contributed by atoms with Gasteiger partial charge in [0.25, 0.3) is 35.4 Å². The normalized spacial score (nSPS) is 18.7. The van der Waals surface area contributed by atoms with Crippen molar-refractivity contribution >= 4 is 47.3 Å². The van der Waals surface area contributed by atoms with Crippen LogP contribution in [0.1, 0.15) is 310 Å².